The third kappa shape index (κ3) is 4.65. The summed E-state index contributed by atoms with van der Waals surface area (Å²) in [5.74, 6) is 2.77. The summed E-state index contributed by atoms with van der Waals surface area (Å²) in [4.78, 5) is 24.4. The lowest BCUT2D eigenvalue weighted by atomic mass is 9.50. The smallest absolute Gasteiger partial charge is 0.236 e. The second-order valence-electron chi connectivity index (χ2n) is 9.57. The predicted octanol–water partition coefficient (Wildman–Crippen LogP) is 4.62. The number of carbonyl (C=O) groups is 2. The lowest BCUT2D eigenvalue weighted by Gasteiger charge is -2.55. The molecular weight excluding hydrogens is 428 g/mol. The summed E-state index contributed by atoms with van der Waals surface area (Å²) >= 11 is 2.85. The van der Waals surface area contributed by atoms with E-state index in [4.69, 9.17) is 0 Å². The highest BCUT2D eigenvalue weighted by molar-refractivity contribution is 8.00. The van der Waals surface area contributed by atoms with Crippen LogP contribution in [0, 0.1) is 24.7 Å². The maximum atomic E-state index is 12.3. The minimum Gasteiger partial charge on any atom is -0.325 e. The van der Waals surface area contributed by atoms with Crippen molar-refractivity contribution in [1.29, 1.82) is 0 Å². The van der Waals surface area contributed by atoms with Crippen LogP contribution in [0.1, 0.15) is 49.1 Å². The molecular formula is C23H28N4O2S2. The van der Waals surface area contributed by atoms with Crippen molar-refractivity contribution in [2.45, 2.75) is 50.9 Å². The van der Waals surface area contributed by atoms with E-state index in [2.05, 4.69) is 20.8 Å². The first-order chi connectivity index (χ1) is 15.0. The van der Waals surface area contributed by atoms with E-state index in [1.165, 1.54) is 50.3 Å². The van der Waals surface area contributed by atoms with Crippen molar-refractivity contribution in [3.63, 3.8) is 0 Å². The number of rotatable bonds is 7. The van der Waals surface area contributed by atoms with Crippen molar-refractivity contribution >= 4 is 45.7 Å². The zero-order chi connectivity index (χ0) is 21.4. The molecule has 1 aromatic heterocycles. The highest BCUT2D eigenvalue weighted by atomic mass is 32.2. The normalized spacial score (nSPS) is 28.5. The van der Waals surface area contributed by atoms with Crippen molar-refractivity contribution in [3.05, 3.63) is 34.8 Å². The molecule has 1 heterocycles. The Kier molecular flexibility index (Phi) is 5.77. The number of anilines is 2. The molecule has 2 N–H and O–H groups in total. The molecule has 8 heteroatoms. The van der Waals surface area contributed by atoms with Crippen LogP contribution in [-0.2, 0) is 15.0 Å². The minimum absolute atomic E-state index is 0.108. The third-order valence-corrected chi connectivity index (χ3v) is 8.95. The van der Waals surface area contributed by atoms with Gasteiger partial charge < -0.3 is 5.32 Å². The zero-order valence-electron chi connectivity index (χ0n) is 17.7. The van der Waals surface area contributed by atoms with Crippen molar-refractivity contribution in [2.24, 2.45) is 17.8 Å². The number of benzene rings is 1. The number of carbonyl (C=O) groups excluding carboxylic acids is 2. The Hall–Kier alpha value is -1.93. The van der Waals surface area contributed by atoms with E-state index in [9.17, 15) is 9.59 Å². The van der Waals surface area contributed by atoms with E-state index in [1.807, 2.05) is 31.2 Å². The average Bonchev–Trinajstić information content (AvgIpc) is 3.16. The fourth-order valence-corrected chi connectivity index (χ4v) is 7.77. The Morgan fingerprint density at radius 2 is 1.68 bits per heavy atom. The lowest BCUT2D eigenvalue weighted by Crippen LogP contribution is -2.48. The number of nitrogens with zero attached hydrogens (tertiary/aromatic N) is 2. The van der Waals surface area contributed by atoms with Gasteiger partial charge in [0.2, 0.25) is 16.9 Å². The minimum atomic E-state index is -0.137. The lowest BCUT2D eigenvalue weighted by molar-refractivity contribution is -0.114. The summed E-state index contributed by atoms with van der Waals surface area (Å²) in [5, 5.41) is 16.2. The molecule has 6 rings (SSSR count). The summed E-state index contributed by atoms with van der Waals surface area (Å²) in [6.07, 6.45) is 7.93. The predicted molar refractivity (Wildman–Crippen MR) is 126 cm³/mol. The number of hydrogen-bond donors (Lipinski definition) is 2. The van der Waals surface area contributed by atoms with Gasteiger partial charge in [-0.2, -0.15) is 0 Å². The molecule has 4 bridgehead atoms. The summed E-state index contributed by atoms with van der Waals surface area (Å²) in [6, 6.07) is 7.67. The molecule has 4 aliphatic rings. The summed E-state index contributed by atoms with van der Waals surface area (Å²) in [7, 11) is 0. The Balaban J connectivity index is 1.10. The molecule has 0 saturated heterocycles. The quantitative estimate of drug-likeness (QED) is 0.635. The van der Waals surface area contributed by atoms with Crippen molar-refractivity contribution in [3.8, 4) is 0 Å². The Morgan fingerprint density at radius 3 is 2.32 bits per heavy atom. The molecule has 4 saturated carbocycles. The van der Waals surface area contributed by atoms with Crippen LogP contribution in [0.5, 0.6) is 0 Å². The van der Waals surface area contributed by atoms with Crippen LogP contribution in [-0.4, -0.2) is 33.5 Å². The molecule has 2 amide bonds. The summed E-state index contributed by atoms with van der Waals surface area (Å²) in [5.41, 5.74) is 2.08. The largest absolute Gasteiger partial charge is 0.325 e. The first-order valence-electron chi connectivity index (χ1n) is 11.1. The van der Waals surface area contributed by atoms with Gasteiger partial charge in [0.25, 0.3) is 0 Å². The van der Waals surface area contributed by atoms with Crippen LogP contribution >= 0.6 is 23.1 Å². The Bertz CT molecular complexity index is 954. The van der Waals surface area contributed by atoms with Crippen LogP contribution in [0.25, 0.3) is 0 Å². The molecule has 0 unspecified atom stereocenters. The van der Waals surface area contributed by atoms with Gasteiger partial charge in [-0.25, -0.2) is 0 Å². The molecule has 6 nitrogen and oxygen atoms in total. The van der Waals surface area contributed by atoms with E-state index in [0.29, 0.717) is 5.13 Å². The molecule has 164 valence electrons. The number of hydrogen-bond acceptors (Lipinski definition) is 6. The highest BCUT2D eigenvalue weighted by Crippen LogP contribution is 2.61. The van der Waals surface area contributed by atoms with Gasteiger partial charge in [-0.3, -0.25) is 14.9 Å². The summed E-state index contributed by atoms with van der Waals surface area (Å²) < 4.78 is 0. The molecule has 1 aromatic carbocycles. The van der Waals surface area contributed by atoms with Gasteiger partial charge in [0.05, 0.1) is 11.5 Å². The maximum Gasteiger partial charge on any atom is 0.236 e. The fraction of sp³-hybridized carbons (Fsp3) is 0.565. The van der Waals surface area contributed by atoms with E-state index in [1.54, 1.807) is 11.3 Å². The second kappa shape index (κ2) is 8.54. The van der Waals surface area contributed by atoms with Crippen molar-refractivity contribution < 1.29 is 9.59 Å². The fourth-order valence-electron chi connectivity index (χ4n) is 6.17. The molecule has 0 radical (unpaired) electrons. The van der Waals surface area contributed by atoms with E-state index in [0.717, 1.165) is 34.0 Å². The molecule has 2 aromatic rings. The molecule has 0 atom stereocenters. The highest BCUT2D eigenvalue weighted by Gasteiger charge is 2.53. The van der Waals surface area contributed by atoms with Gasteiger partial charge in [-0.05, 0) is 80.9 Å². The number of nitrogens with one attached hydrogen (secondary N) is 2. The number of amides is 2. The van der Waals surface area contributed by atoms with Gasteiger partial charge >= 0.3 is 0 Å². The van der Waals surface area contributed by atoms with Crippen molar-refractivity contribution in [2.75, 3.05) is 22.1 Å². The van der Waals surface area contributed by atoms with Crippen LogP contribution in [0.3, 0.4) is 0 Å². The maximum absolute atomic E-state index is 12.3. The Morgan fingerprint density at radius 1 is 1.03 bits per heavy atom. The Labute approximate surface area is 191 Å². The molecule has 0 aliphatic heterocycles. The topological polar surface area (TPSA) is 84.0 Å². The third-order valence-electron chi connectivity index (χ3n) is 6.93. The van der Waals surface area contributed by atoms with Gasteiger partial charge in [0.1, 0.15) is 5.01 Å². The molecule has 31 heavy (non-hydrogen) atoms. The standard InChI is InChI=1S/C23H28N4O2S2/c1-14-3-2-4-18(5-14)24-19(28)12-30-13-20(29)25-22-27-26-21(31-22)23-9-15-6-16(10-23)8-17(7-15)11-23/h2-5,15-17H,6-13H2,1H3,(H,24,28)(H,25,27,29). The SMILES string of the molecule is Cc1cccc(NC(=O)CSCC(=O)Nc2nnc(C34CC5CC(CC(C5)C3)C4)s2)c1. The zero-order valence-corrected chi connectivity index (χ0v) is 19.4. The molecule has 4 fully saturated rings. The molecule has 0 spiro atoms. The number of thioether (sulfide) groups is 1. The summed E-state index contributed by atoms with van der Waals surface area (Å²) in [6.45, 7) is 1.98. The first kappa shape index (κ1) is 20.9. The van der Waals surface area contributed by atoms with Crippen LogP contribution in [0.15, 0.2) is 24.3 Å². The monoisotopic (exact) mass is 456 g/mol. The van der Waals surface area contributed by atoms with Crippen LogP contribution < -0.4 is 10.6 Å². The van der Waals surface area contributed by atoms with E-state index < -0.39 is 0 Å². The second-order valence-corrected chi connectivity index (χ2v) is 11.5. The van der Waals surface area contributed by atoms with Gasteiger partial charge in [0, 0.05) is 11.1 Å². The van der Waals surface area contributed by atoms with Crippen LogP contribution in [0.2, 0.25) is 0 Å². The van der Waals surface area contributed by atoms with Gasteiger partial charge in [0.15, 0.2) is 0 Å². The number of aryl methyl sites for hydroxylation is 1. The average molecular weight is 457 g/mol. The van der Waals surface area contributed by atoms with Gasteiger partial charge in [-0.15, -0.1) is 22.0 Å². The number of aromatic nitrogens is 2. The van der Waals surface area contributed by atoms with E-state index >= 15 is 0 Å². The van der Waals surface area contributed by atoms with Gasteiger partial charge in [-0.1, -0.05) is 23.5 Å². The molecule has 4 aliphatic carbocycles. The van der Waals surface area contributed by atoms with Crippen molar-refractivity contribution in [1.82, 2.24) is 10.2 Å². The first-order valence-corrected chi connectivity index (χ1v) is 13.0. The van der Waals surface area contributed by atoms with E-state index in [-0.39, 0.29) is 28.7 Å². The van der Waals surface area contributed by atoms with Crippen LogP contribution in [0.4, 0.5) is 10.8 Å².